The van der Waals surface area contributed by atoms with Gasteiger partial charge in [0.1, 0.15) is 6.54 Å². The van der Waals surface area contributed by atoms with Crippen LogP contribution in [0.5, 0.6) is 0 Å². The normalized spacial score (nSPS) is 15.2. The molecule has 1 aromatic carbocycles. The summed E-state index contributed by atoms with van der Waals surface area (Å²) in [6.45, 7) is 2.82. The molecule has 1 heterocycles. The van der Waals surface area contributed by atoms with E-state index in [1.807, 2.05) is 0 Å². The molecule has 0 aromatic heterocycles. The predicted molar refractivity (Wildman–Crippen MR) is 104 cm³/mol. The quantitative estimate of drug-likeness (QED) is 0.557. The van der Waals surface area contributed by atoms with Gasteiger partial charge in [0.2, 0.25) is 10.0 Å². The summed E-state index contributed by atoms with van der Waals surface area (Å²) in [5.41, 5.74) is -0.0472. The van der Waals surface area contributed by atoms with E-state index in [0.29, 0.717) is 6.54 Å². The maximum atomic E-state index is 12.2. The molecule has 28 heavy (non-hydrogen) atoms. The van der Waals surface area contributed by atoms with Crippen molar-refractivity contribution in [3.05, 3.63) is 29.8 Å². The number of carbonyl (C=O) groups excluding carboxylic acids is 1. The first-order valence-corrected chi connectivity index (χ1v) is 9.53. The number of benzene rings is 1. The summed E-state index contributed by atoms with van der Waals surface area (Å²) in [4.78, 5) is 13.7. The average molecular weight is 467 g/mol. The van der Waals surface area contributed by atoms with E-state index in [0.717, 1.165) is 26.2 Å². The number of halogens is 5. The summed E-state index contributed by atoms with van der Waals surface area (Å²) >= 11 is 0. The molecule has 1 fully saturated rings. The zero-order chi connectivity index (χ0) is 19.2. The third kappa shape index (κ3) is 8.93. The fourth-order valence-electron chi connectivity index (χ4n) is 2.42. The molecule has 13 heteroatoms. The van der Waals surface area contributed by atoms with E-state index in [4.69, 9.17) is 0 Å². The Morgan fingerprint density at radius 1 is 1.11 bits per heavy atom. The van der Waals surface area contributed by atoms with Crippen molar-refractivity contribution in [2.75, 3.05) is 45.8 Å². The minimum Gasteiger partial charge on any atom is -0.343 e. The van der Waals surface area contributed by atoms with Gasteiger partial charge in [0.15, 0.2) is 0 Å². The molecular formula is C15H23Cl2F3N4O3S. The van der Waals surface area contributed by atoms with E-state index in [-0.39, 0.29) is 41.8 Å². The molecule has 1 aliphatic heterocycles. The Kier molecular flexibility index (Phi) is 11.3. The number of sulfonamides is 1. The Balaban J connectivity index is 0.00000364. The zero-order valence-electron chi connectivity index (χ0n) is 14.8. The van der Waals surface area contributed by atoms with Crippen LogP contribution in [-0.2, 0) is 10.0 Å². The van der Waals surface area contributed by atoms with Gasteiger partial charge in [0.05, 0.1) is 4.90 Å². The summed E-state index contributed by atoms with van der Waals surface area (Å²) in [5, 5.41) is 4.93. The van der Waals surface area contributed by atoms with Crippen LogP contribution in [0.4, 0.5) is 13.2 Å². The molecular weight excluding hydrogens is 444 g/mol. The highest BCUT2D eigenvalue weighted by molar-refractivity contribution is 7.89. The number of hydrogen-bond donors (Lipinski definition) is 3. The van der Waals surface area contributed by atoms with Gasteiger partial charge < -0.3 is 10.6 Å². The SMILES string of the molecule is Cl.Cl.O=C(NCC(F)(F)F)c1ccc(S(=O)(=O)NCCN2CCNCC2)cc1. The predicted octanol–water partition coefficient (Wildman–Crippen LogP) is 1.01. The van der Waals surface area contributed by atoms with Crippen molar-refractivity contribution in [2.45, 2.75) is 11.1 Å². The molecule has 1 amide bonds. The lowest BCUT2D eigenvalue weighted by atomic mass is 10.2. The standard InChI is InChI=1S/C15H21F3N4O3S.2ClH/c16-15(17,18)11-20-14(23)12-1-3-13(4-2-12)26(24,25)21-7-10-22-8-5-19-6-9-22;;/h1-4,19,21H,5-11H2,(H,20,23);2*1H. The minimum absolute atomic E-state index is 0. The molecule has 1 aliphatic rings. The molecule has 1 saturated heterocycles. The van der Waals surface area contributed by atoms with Gasteiger partial charge in [0.25, 0.3) is 5.91 Å². The first-order valence-electron chi connectivity index (χ1n) is 8.05. The van der Waals surface area contributed by atoms with Gasteiger partial charge >= 0.3 is 6.18 Å². The van der Waals surface area contributed by atoms with E-state index < -0.39 is 28.7 Å². The van der Waals surface area contributed by atoms with Crippen molar-refractivity contribution in [2.24, 2.45) is 0 Å². The van der Waals surface area contributed by atoms with E-state index >= 15 is 0 Å². The maximum Gasteiger partial charge on any atom is 0.405 e. The van der Waals surface area contributed by atoms with Gasteiger partial charge in [-0.15, -0.1) is 24.8 Å². The van der Waals surface area contributed by atoms with Crippen LogP contribution in [0.25, 0.3) is 0 Å². The molecule has 162 valence electrons. The number of piperazine rings is 1. The summed E-state index contributed by atoms with van der Waals surface area (Å²) in [6.07, 6.45) is -4.51. The first-order chi connectivity index (χ1) is 12.2. The van der Waals surface area contributed by atoms with Gasteiger partial charge in [-0.25, -0.2) is 13.1 Å². The minimum atomic E-state index is -4.51. The molecule has 3 N–H and O–H groups in total. The van der Waals surface area contributed by atoms with Crippen LogP contribution in [0.1, 0.15) is 10.4 Å². The van der Waals surface area contributed by atoms with Gasteiger partial charge in [-0.05, 0) is 24.3 Å². The second-order valence-corrected chi connectivity index (χ2v) is 7.58. The van der Waals surface area contributed by atoms with Crippen molar-refractivity contribution in [1.82, 2.24) is 20.3 Å². The Morgan fingerprint density at radius 2 is 1.68 bits per heavy atom. The molecule has 0 saturated carbocycles. The molecule has 1 aromatic rings. The lowest BCUT2D eigenvalue weighted by Crippen LogP contribution is -2.46. The van der Waals surface area contributed by atoms with Gasteiger partial charge in [-0.3, -0.25) is 9.69 Å². The lowest BCUT2D eigenvalue weighted by molar-refractivity contribution is -0.123. The van der Waals surface area contributed by atoms with Gasteiger partial charge in [-0.1, -0.05) is 0 Å². The van der Waals surface area contributed by atoms with Crippen molar-refractivity contribution in [3.63, 3.8) is 0 Å². The van der Waals surface area contributed by atoms with Crippen LogP contribution in [0, 0.1) is 0 Å². The molecule has 0 spiro atoms. The van der Waals surface area contributed by atoms with Crippen LogP contribution >= 0.6 is 24.8 Å². The number of nitrogens with one attached hydrogen (secondary N) is 3. The Morgan fingerprint density at radius 3 is 2.21 bits per heavy atom. The van der Waals surface area contributed by atoms with Crippen LogP contribution in [0.2, 0.25) is 0 Å². The van der Waals surface area contributed by atoms with Crippen molar-refractivity contribution >= 4 is 40.7 Å². The first kappa shape index (κ1) is 26.9. The third-order valence-corrected chi connectivity index (χ3v) is 5.28. The molecule has 0 unspecified atom stereocenters. The second-order valence-electron chi connectivity index (χ2n) is 5.81. The number of hydrogen-bond acceptors (Lipinski definition) is 5. The summed E-state index contributed by atoms with van der Waals surface area (Å²) in [5.74, 6) is -0.919. The van der Waals surface area contributed by atoms with E-state index in [2.05, 4.69) is 14.9 Å². The Labute approximate surface area is 174 Å². The molecule has 0 aliphatic carbocycles. The summed E-state index contributed by atoms with van der Waals surface area (Å²) in [6, 6.07) is 4.73. The van der Waals surface area contributed by atoms with Crippen LogP contribution < -0.4 is 15.4 Å². The van der Waals surface area contributed by atoms with Crippen molar-refractivity contribution in [1.29, 1.82) is 0 Å². The van der Waals surface area contributed by atoms with E-state index in [1.165, 1.54) is 24.3 Å². The third-order valence-electron chi connectivity index (χ3n) is 3.81. The molecule has 7 nitrogen and oxygen atoms in total. The van der Waals surface area contributed by atoms with Crippen molar-refractivity contribution < 1.29 is 26.4 Å². The second kappa shape index (κ2) is 11.8. The number of rotatable bonds is 7. The molecule has 0 atom stereocenters. The molecule has 0 radical (unpaired) electrons. The Hall–Kier alpha value is -1.11. The van der Waals surface area contributed by atoms with Gasteiger partial charge in [-0.2, -0.15) is 13.2 Å². The van der Waals surface area contributed by atoms with E-state index in [9.17, 15) is 26.4 Å². The monoisotopic (exact) mass is 466 g/mol. The number of amides is 1. The highest BCUT2D eigenvalue weighted by atomic mass is 35.5. The number of carbonyl (C=O) groups is 1. The highest BCUT2D eigenvalue weighted by Gasteiger charge is 2.28. The van der Waals surface area contributed by atoms with Crippen LogP contribution in [0.15, 0.2) is 29.2 Å². The van der Waals surface area contributed by atoms with Gasteiger partial charge in [0, 0.05) is 44.8 Å². The van der Waals surface area contributed by atoms with Crippen molar-refractivity contribution in [3.8, 4) is 0 Å². The highest BCUT2D eigenvalue weighted by Crippen LogP contribution is 2.14. The summed E-state index contributed by atoms with van der Waals surface area (Å²) in [7, 11) is -3.74. The largest absolute Gasteiger partial charge is 0.405 e. The smallest absolute Gasteiger partial charge is 0.343 e. The lowest BCUT2D eigenvalue weighted by Gasteiger charge is -2.27. The average Bonchev–Trinajstić information content (AvgIpc) is 2.60. The Bertz CT molecular complexity index is 712. The van der Waals surface area contributed by atoms with Crippen LogP contribution in [-0.4, -0.2) is 71.2 Å². The zero-order valence-corrected chi connectivity index (χ0v) is 17.2. The molecule has 2 rings (SSSR count). The summed E-state index contributed by atoms with van der Waals surface area (Å²) < 4.78 is 63.2. The fraction of sp³-hybridized carbons (Fsp3) is 0.533. The topological polar surface area (TPSA) is 90.5 Å². The maximum absolute atomic E-state index is 12.2. The number of alkyl halides is 3. The van der Waals surface area contributed by atoms with E-state index in [1.54, 1.807) is 5.32 Å². The van der Waals surface area contributed by atoms with Crippen LogP contribution in [0.3, 0.4) is 0 Å². The molecule has 0 bridgehead atoms. The fourth-order valence-corrected chi connectivity index (χ4v) is 3.45. The number of nitrogens with zero attached hydrogens (tertiary/aromatic N) is 1.